The molecule has 2 aromatic heterocycles. The van der Waals surface area contributed by atoms with Crippen LogP contribution in [0.4, 0.5) is 0 Å². The molecule has 0 fully saturated rings. The van der Waals surface area contributed by atoms with Crippen molar-refractivity contribution in [3.63, 3.8) is 0 Å². The van der Waals surface area contributed by atoms with Gasteiger partial charge in [0.05, 0.1) is 34.8 Å². The van der Waals surface area contributed by atoms with Crippen LogP contribution in [0.5, 0.6) is 5.75 Å². The molecule has 0 atom stereocenters. The first-order valence-electron chi connectivity index (χ1n) is 22.8. The lowest BCUT2D eigenvalue weighted by molar-refractivity contribution is 0.477. The summed E-state index contributed by atoms with van der Waals surface area (Å²) in [6.45, 7) is 3.92. The molecule has 0 aliphatic carbocycles. The molecular formula is C53H43N3O. The number of hydrogen-bond acceptors (Lipinski definition) is 3. The van der Waals surface area contributed by atoms with Gasteiger partial charge in [-0.25, -0.2) is 4.98 Å². The second kappa shape index (κ2) is 14.6. The molecule has 9 rings (SSSR count). The molecule has 0 bridgehead atoms. The topological polar surface area (TPSA) is 50.9 Å². The summed E-state index contributed by atoms with van der Waals surface area (Å²) in [6.07, 6.45) is 1.58. The molecular weight excluding hydrogens is 695 g/mol. The Morgan fingerprint density at radius 2 is 1.26 bits per heavy atom. The van der Waals surface area contributed by atoms with E-state index in [9.17, 15) is 5.11 Å². The Kier molecular flexibility index (Phi) is 7.03. The van der Waals surface area contributed by atoms with Crippen molar-refractivity contribution in [1.82, 2.24) is 14.5 Å². The molecule has 0 aliphatic rings. The molecule has 2 heterocycles. The molecule has 0 radical (unpaired) electrons. The van der Waals surface area contributed by atoms with E-state index < -0.39 is 25.0 Å². The van der Waals surface area contributed by atoms with E-state index in [0.717, 1.165) is 33.4 Å². The van der Waals surface area contributed by atoms with Crippen LogP contribution in [0.2, 0.25) is 0 Å². The summed E-state index contributed by atoms with van der Waals surface area (Å²) in [6, 6.07) is 43.5. The Labute approximate surface area is 345 Å². The van der Waals surface area contributed by atoms with Gasteiger partial charge >= 0.3 is 0 Å². The largest absolute Gasteiger partial charge is 0.507 e. The van der Waals surface area contributed by atoms with Crippen molar-refractivity contribution < 1.29 is 16.1 Å². The third-order valence-corrected chi connectivity index (χ3v) is 10.3. The highest BCUT2D eigenvalue weighted by Gasteiger charge is 2.24. The van der Waals surface area contributed by atoms with Gasteiger partial charge in [-0.15, -0.1) is 0 Å². The lowest BCUT2D eigenvalue weighted by atomic mass is 9.83. The van der Waals surface area contributed by atoms with Gasteiger partial charge in [-0.05, 0) is 111 Å². The summed E-state index contributed by atoms with van der Waals surface area (Å²) in [7, 11) is 0. The second-order valence-corrected chi connectivity index (χ2v) is 15.1. The first-order chi connectivity index (χ1) is 31.0. The minimum absolute atomic E-state index is 0.0244. The van der Waals surface area contributed by atoms with Crippen molar-refractivity contribution in [2.24, 2.45) is 0 Å². The Balaban J connectivity index is 1.33. The van der Waals surface area contributed by atoms with Gasteiger partial charge in [-0.1, -0.05) is 142 Å². The Hall–Kier alpha value is -7.04. The maximum atomic E-state index is 11.5. The van der Waals surface area contributed by atoms with Gasteiger partial charge in [-0.3, -0.25) is 9.55 Å². The van der Waals surface area contributed by atoms with Crippen molar-refractivity contribution in [1.29, 1.82) is 0 Å². The molecule has 7 aromatic carbocycles. The predicted octanol–water partition coefficient (Wildman–Crippen LogP) is 13.7. The normalized spacial score (nSPS) is 13.8. The van der Waals surface area contributed by atoms with Gasteiger partial charge < -0.3 is 5.11 Å². The molecule has 0 saturated carbocycles. The number of benzene rings is 7. The van der Waals surface area contributed by atoms with E-state index >= 15 is 0 Å². The zero-order valence-corrected chi connectivity index (χ0v) is 31.7. The van der Waals surface area contributed by atoms with E-state index in [1.165, 1.54) is 0 Å². The number of fused-ring (bicyclic) bond motifs is 1. The monoisotopic (exact) mass is 745 g/mol. The average Bonchev–Trinajstić information content (AvgIpc) is 3.69. The molecule has 9 aromatic rings. The molecule has 0 saturated heterocycles. The van der Waals surface area contributed by atoms with E-state index in [1.807, 2.05) is 108 Å². The van der Waals surface area contributed by atoms with Gasteiger partial charge in [0.2, 0.25) is 0 Å². The predicted molar refractivity (Wildman–Crippen MR) is 237 cm³/mol. The zero-order valence-electron chi connectivity index (χ0n) is 39.7. The second-order valence-electron chi connectivity index (χ2n) is 15.1. The quantitative estimate of drug-likeness (QED) is 0.177. The van der Waals surface area contributed by atoms with Gasteiger partial charge in [0.1, 0.15) is 11.6 Å². The summed E-state index contributed by atoms with van der Waals surface area (Å²) < 4.78 is 70.2. The van der Waals surface area contributed by atoms with Crippen molar-refractivity contribution in [2.75, 3.05) is 0 Å². The number of hydrogen-bond donors (Lipinski definition) is 1. The fourth-order valence-corrected chi connectivity index (χ4v) is 7.40. The Morgan fingerprint density at radius 1 is 0.579 bits per heavy atom. The molecule has 0 spiro atoms. The van der Waals surface area contributed by atoms with Crippen LogP contribution in [0.3, 0.4) is 0 Å². The summed E-state index contributed by atoms with van der Waals surface area (Å²) in [5.74, 6) is 0.472. The maximum absolute atomic E-state index is 11.5. The van der Waals surface area contributed by atoms with Crippen LogP contribution in [0, 0.1) is 6.85 Å². The maximum Gasteiger partial charge on any atom is 0.149 e. The van der Waals surface area contributed by atoms with E-state index in [4.69, 9.17) is 20.9 Å². The molecule has 0 aliphatic heterocycles. The van der Waals surface area contributed by atoms with Gasteiger partial charge in [0.25, 0.3) is 0 Å². The highest BCUT2D eigenvalue weighted by atomic mass is 16.3. The molecule has 4 heteroatoms. The number of rotatable bonds is 7. The third-order valence-electron chi connectivity index (χ3n) is 10.3. The number of imidazole rings is 1. The first-order valence-corrected chi connectivity index (χ1v) is 18.8. The molecule has 0 amide bonds. The lowest BCUT2D eigenvalue weighted by Crippen LogP contribution is -2.11. The minimum Gasteiger partial charge on any atom is -0.507 e. The number of pyridine rings is 1. The fraction of sp³-hybridized carbons (Fsp3) is 0.0943. The van der Waals surface area contributed by atoms with Crippen LogP contribution in [0.1, 0.15) is 42.9 Å². The van der Waals surface area contributed by atoms with E-state index in [0.29, 0.717) is 50.5 Å². The van der Waals surface area contributed by atoms with Crippen LogP contribution in [-0.2, 0) is 5.41 Å². The highest BCUT2D eigenvalue weighted by Crippen LogP contribution is 2.43. The van der Waals surface area contributed by atoms with Crippen LogP contribution in [0.25, 0.3) is 83.9 Å². The fourth-order valence-electron chi connectivity index (χ4n) is 7.40. The number of phenolic OH excluding ortho intramolecular Hbond substituents is 1. The number of para-hydroxylation sites is 2. The van der Waals surface area contributed by atoms with Crippen LogP contribution >= 0.6 is 0 Å². The average molecular weight is 746 g/mol. The van der Waals surface area contributed by atoms with Crippen molar-refractivity contribution in [3.05, 3.63) is 193 Å². The number of aromatic nitrogens is 3. The SMILES string of the molecule is [2H]c1c([2H])c([2H])c(-c2ccnc(-c3cc(-c4cccc5c4nc(-c4ccccc4O)n5-c4cc(-c5ccccc5)c(C([2H])([2H])[2H])cc4-c4ccccc4)cc(C(C)(C)C)c3)c2)c([2H])c1[2H]. The molecule has 1 N–H and O–H groups in total. The summed E-state index contributed by atoms with van der Waals surface area (Å²) >= 11 is 0. The van der Waals surface area contributed by atoms with Gasteiger partial charge in [0.15, 0.2) is 0 Å². The zero-order chi connectivity index (χ0) is 45.9. The van der Waals surface area contributed by atoms with Gasteiger partial charge in [0, 0.05) is 27.0 Å². The van der Waals surface area contributed by atoms with Crippen molar-refractivity contribution in [3.8, 4) is 78.6 Å². The number of aromatic hydroxyl groups is 1. The number of aryl methyl sites for hydroxylation is 1. The highest BCUT2D eigenvalue weighted by molar-refractivity contribution is 5.98. The summed E-state index contributed by atoms with van der Waals surface area (Å²) in [5.41, 5.74) is 9.55. The lowest BCUT2D eigenvalue weighted by Gasteiger charge is -2.22. The van der Waals surface area contributed by atoms with E-state index in [2.05, 4.69) is 32.9 Å². The standard InChI is InChI=1S/C53H43N3O/c1-35-29-46(38-21-12-7-13-22-38)49(34-45(35)37-19-10-6-11-20-37)56-48-25-16-24-43(51(48)55-52(56)44-23-14-15-26-50(44)57)40-30-41(32-42(31-40)53(2,3)4)47-33-39(27-28-54-47)36-17-8-5-9-18-36/h5-34,57H,1-4H3/i1D3,5D,8D,9D,17D,18D. The molecule has 0 unspecified atom stereocenters. The first kappa shape index (κ1) is 27.5. The van der Waals surface area contributed by atoms with Crippen LogP contribution < -0.4 is 0 Å². The van der Waals surface area contributed by atoms with Crippen LogP contribution in [0.15, 0.2) is 182 Å². The van der Waals surface area contributed by atoms with Gasteiger partial charge in [-0.2, -0.15) is 0 Å². The van der Waals surface area contributed by atoms with Crippen LogP contribution in [-0.4, -0.2) is 19.6 Å². The molecule has 57 heavy (non-hydrogen) atoms. The Morgan fingerprint density at radius 3 is 1.98 bits per heavy atom. The number of nitrogens with zero attached hydrogens (tertiary/aromatic N) is 3. The smallest absolute Gasteiger partial charge is 0.149 e. The van der Waals surface area contributed by atoms with Crippen molar-refractivity contribution in [2.45, 2.75) is 33.0 Å². The molecule has 4 nitrogen and oxygen atoms in total. The number of phenols is 1. The van der Waals surface area contributed by atoms with Crippen molar-refractivity contribution >= 4 is 11.0 Å². The van der Waals surface area contributed by atoms with E-state index in [1.54, 1.807) is 36.5 Å². The van der Waals surface area contributed by atoms with E-state index in [-0.39, 0.29) is 34.4 Å². The minimum atomic E-state index is -2.45. The molecule has 276 valence electrons. The summed E-state index contributed by atoms with van der Waals surface area (Å²) in [4.78, 5) is 10.1. The Bertz CT molecular complexity index is 3270. The third kappa shape index (κ3) is 6.81. The summed E-state index contributed by atoms with van der Waals surface area (Å²) in [5, 5.41) is 11.5.